The topological polar surface area (TPSA) is 34.1 Å². The zero-order valence-corrected chi connectivity index (χ0v) is 13.1. The Kier molecular flexibility index (Phi) is 6.64. The first-order valence-corrected chi connectivity index (χ1v) is 8.01. The summed E-state index contributed by atoms with van der Waals surface area (Å²) in [5.41, 5.74) is 2.36. The molecule has 3 heteroatoms. The van der Waals surface area contributed by atoms with Crippen LogP contribution in [0.2, 0.25) is 0 Å². The van der Waals surface area contributed by atoms with Crippen molar-refractivity contribution in [3.63, 3.8) is 0 Å². The van der Waals surface area contributed by atoms with Crippen LogP contribution in [0.1, 0.15) is 44.7 Å². The number of hydrogen-bond acceptors (Lipinski definition) is 3. The average Bonchev–Trinajstić information content (AvgIpc) is 2.54. The van der Waals surface area contributed by atoms with Gasteiger partial charge < -0.3 is 10.1 Å². The maximum atomic E-state index is 5.65. The molecule has 0 spiro atoms. The molecule has 0 amide bonds. The minimum Gasteiger partial charge on any atom is -0.381 e. The molecule has 0 aliphatic carbocycles. The van der Waals surface area contributed by atoms with E-state index >= 15 is 0 Å². The summed E-state index contributed by atoms with van der Waals surface area (Å²) >= 11 is 0. The van der Waals surface area contributed by atoms with Gasteiger partial charge in [0, 0.05) is 30.8 Å². The highest BCUT2D eigenvalue weighted by Crippen LogP contribution is 2.21. The summed E-state index contributed by atoms with van der Waals surface area (Å²) in [5.74, 6) is 0. The Hall–Kier alpha value is -1.45. The molecule has 2 rings (SSSR count). The number of benzene rings is 1. The van der Waals surface area contributed by atoms with Gasteiger partial charge in [-0.15, -0.1) is 0 Å². The molecule has 0 aliphatic heterocycles. The molecule has 0 fully saturated rings. The molecular weight excluding hydrogens is 260 g/mol. The van der Waals surface area contributed by atoms with Crippen LogP contribution in [0, 0.1) is 0 Å². The lowest BCUT2D eigenvalue weighted by Gasteiger charge is -2.19. The fourth-order valence-electron chi connectivity index (χ4n) is 2.45. The maximum Gasteiger partial charge on any atom is 0.0705 e. The molecule has 1 atom stereocenters. The minimum atomic E-state index is 0.341. The average molecular weight is 286 g/mol. The highest BCUT2D eigenvalue weighted by Gasteiger charge is 2.11. The van der Waals surface area contributed by atoms with E-state index in [0.717, 1.165) is 44.5 Å². The summed E-state index contributed by atoms with van der Waals surface area (Å²) < 4.78 is 5.65. The summed E-state index contributed by atoms with van der Waals surface area (Å²) in [6.45, 7) is 7.01. The van der Waals surface area contributed by atoms with Crippen molar-refractivity contribution in [2.75, 3.05) is 19.8 Å². The van der Waals surface area contributed by atoms with E-state index in [2.05, 4.69) is 48.4 Å². The number of hydrogen-bond donors (Lipinski definition) is 1. The van der Waals surface area contributed by atoms with E-state index in [9.17, 15) is 0 Å². The van der Waals surface area contributed by atoms with Gasteiger partial charge in [0.1, 0.15) is 0 Å². The second-order valence-corrected chi connectivity index (χ2v) is 5.36. The predicted molar refractivity (Wildman–Crippen MR) is 88.5 cm³/mol. The van der Waals surface area contributed by atoms with Crippen LogP contribution in [0.15, 0.2) is 36.5 Å². The van der Waals surface area contributed by atoms with Gasteiger partial charge in [0.25, 0.3) is 0 Å². The fourth-order valence-corrected chi connectivity index (χ4v) is 2.45. The Morgan fingerprint density at radius 3 is 2.86 bits per heavy atom. The van der Waals surface area contributed by atoms with Crippen molar-refractivity contribution in [1.82, 2.24) is 10.3 Å². The Morgan fingerprint density at radius 2 is 2.05 bits per heavy atom. The monoisotopic (exact) mass is 286 g/mol. The SMILES string of the molecule is CCCNC(CCOCCC)c1ccc2cccnc2c1. The van der Waals surface area contributed by atoms with Gasteiger partial charge in [0.15, 0.2) is 0 Å². The lowest BCUT2D eigenvalue weighted by molar-refractivity contribution is 0.124. The largest absolute Gasteiger partial charge is 0.381 e. The summed E-state index contributed by atoms with van der Waals surface area (Å²) in [7, 11) is 0. The van der Waals surface area contributed by atoms with Crippen molar-refractivity contribution in [2.24, 2.45) is 0 Å². The molecule has 114 valence electrons. The molecule has 3 nitrogen and oxygen atoms in total. The molecule has 0 aliphatic rings. The number of nitrogens with one attached hydrogen (secondary N) is 1. The molecule has 1 unspecified atom stereocenters. The van der Waals surface area contributed by atoms with Gasteiger partial charge in [-0.2, -0.15) is 0 Å². The van der Waals surface area contributed by atoms with E-state index in [4.69, 9.17) is 4.74 Å². The number of fused-ring (bicyclic) bond motifs is 1. The molecule has 1 aromatic heterocycles. The lowest BCUT2D eigenvalue weighted by atomic mass is 10.0. The third-order valence-electron chi connectivity index (χ3n) is 3.57. The van der Waals surface area contributed by atoms with Crippen molar-refractivity contribution >= 4 is 10.9 Å². The van der Waals surface area contributed by atoms with Gasteiger partial charge in [-0.25, -0.2) is 0 Å². The van der Waals surface area contributed by atoms with Gasteiger partial charge in [-0.1, -0.05) is 32.0 Å². The van der Waals surface area contributed by atoms with Crippen LogP contribution in [-0.2, 0) is 4.74 Å². The molecule has 2 aromatic rings. The van der Waals surface area contributed by atoms with Gasteiger partial charge in [0.2, 0.25) is 0 Å². The Bertz CT molecular complexity index is 541. The van der Waals surface area contributed by atoms with Crippen LogP contribution >= 0.6 is 0 Å². The van der Waals surface area contributed by atoms with Crippen LogP contribution in [0.3, 0.4) is 0 Å². The molecule has 0 radical (unpaired) electrons. The predicted octanol–water partition coefficient (Wildman–Crippen LogP) is 4.09. The Morgan fingerprint density at radius 1 is 1.14 bits per heavy atom. The summed E-state index contributed by atoms with van der Waals surface area (Å²) in [4.78, 5) is 4.46. The van der Waals surface area contributed by atoms with E-state index < -0.39 is 0 Å². The first-order valence-electron chi connectivity index (χ1n) is 8.01. The molecule has 1 aromatic carbocycles. The first-order chi connectivity index (χ1) is 10.3. The van der Waals surface area contributed by atoms with E-state index in [1.807, 2.05) is 12.3 Å². The van der Waals surface area contributed by atoms with Crippen molar-refractivity contribution in [1.29, 1.82) is 0 Å². The molecule has 1 N–H and O–H groups in total. The third kappa shape index (κ3) is 4.80. The first kappa shape index (κ1) is 15.9. The highest BCUT2D eigenvalue weighted by atomic mass is 16.5. The van der Waals surface area contributed by atoms with Crippen molar-refractivity contribution in [3.8, 4) is 0 Å². The summed E-state index contributed by atoms with van der Waals surface area (Å²) in [6.07, 6.45) is 5.06. The number of rotatable bonds is 9. The third-order valence-corrected chi connectivity index (χ3v) is 3.57. The van der Waals surface area contributed by atoms with Crippen LogP contribution in [0.25, 0.3) is 10.9 Å². The van der Waals surface area contributed by atoms with Gasteiger partial charge in [-0.05, 0) is 43.5 Å². The van der Waals surface area contributed by atoms with Crippen LogP contribution in [0.4, 0.5) is 0 Å². The number of aromatic nitrogens is 1. The quantitative estimate of drug-likeness (QED) is 0.705. The minimum absolute atomic E-state index is 0.341. The zero-order chi connectivity index (χ0) is 14.9. The molecule has 0 saturated carbocycles. The number of pyridine rings is 1. The number of ether oxygens (including phenoxy) is 1. The van der Waals surface area contributed by atoms with Crippen LogP contribution in [-0.4, -0.2) is 24.7 Å². The fraction of sp³-hybridized carbons (Fsp3) is 0.500. The summed E-state index contributed by atoms with van der Waals surface area (Å²) in [6, 6.07) is 11.0. The second kappa shape index (κ2) is 8.75. The standard InChI is InChI=1S/C18H26N2O/c1-3-10-19-17(9-13-21-12-4-2)16-8-7-15-6-5-11-20-18(15)14-16/h5-8,11,14,17,19H,3-4,9-10,12-13H2,1-2H3. The molecule has 0 bridgehead atoms. The maximum absolute atomic E-state index is 5.65. The van der Waals surface area contributed by atoms with E-state index in [1.54, 1.807) is 0 Å². The van der Waals surface area contributed by atoms with Crippen LogP contribution < -0.4 is 5.32 Å². The smallest absolute Gasteiger partial charge is 0.0705 e. The van der Waals surface area contributed by atoms with E-state index in [1.165, 1.54) is 10.9 Å². The second-order valence-electron chi connectivity index (χ2n) is 5.36. The highest BCUT2D eigenvalue weighted by molar-refractivity contribution is 5.78. The Balaban J connectivity index is 2.08. The van der Waals surface area contributed by atoms with Crippen molar-refractivity contribution in [3.05, 3.63) is 42.1 Å². The van der Waals surface area contributed by atoms with Crippen LogP contribution in [0.5, 0.6) is 0 Å². The molecular formula is C18H26N2O. The zero-order valence-electron chi connectivity index (χ0n) is 13.1. The van der Waals surface area contributed by atoms with E-state index in [-0.39, 0.29) is 0 Å². The van der Waals surface area contributed by atoms with Gasteiger partial charge >= 0.3 is 0 Å². The van der Waals surface area contributed by atoms with E-state index in [0.29, 0.717) is 6.04 Å². The number of nitrogens with zero attached hydrogens (tertiary/aromatic N) is 1. The van der Waals surface area contributed by atoms with Gasteiger partial charge in [0.05, 0.1) is 5.52 Å². The van der Waals surface area contributed by atoms with Crippen molar-refractivity contribution < 1.29 is 4.74 Å². The van der Waals surface area contributed by atoms with Crippen molar-refractivity contribution in [2.45, 2.75) is 39.2 Å². The lowest BCUT2D eigenvalue weighted by Crippen LogP contribution is -2.23. The molecule has 1 heterocycles. The molecule has 21 heavy (non-hydrogen) atoms. The Labute approximate surface area is 127 Å². The van der Waals surface area contributed by atoms with Gasteiger partial charge in [-0.3, -0.25) is 4.98 Å². The summed E-state index contributed by atoms with van der Waals surface area (Å²) in [5, 5.41) is 4.81. The normalized spacial score (nSPS) is 12.7. The molecule has 0 saturated heterocycles.